The van der Waals surface area contributed by atoms with Crippen molar-refractivity contribution in [2.75, 3.05) is 10.2 Å². The summed E-state index contributed by atoms with van der Waals surface area (Å²) in [6.07, 6.45) is -7.90. The van der Waals surface area contributed by atoms with Crippen LogP contribution in [0.4, 0.5) is 13.2 Å². The summed E-state index contributed by atoms with van der Waals surface area (Å²) in [7, 11) is -4.88. The summed E-state index contributed by atoms with van der Waals surface area (Å²) in [5.41, 5.74) is 0. The molecule has 102 valence electrons. The van der Waals surface area contributed by atoms with Gasteiger partial charge in [0.1, 0.15) is 5.75 Å². The molecule has 10 heteroatoms. The predicted molar refractivity (Wildman–Crippen MR) is 60.4 cm³/mol. The van der Waals surface area contributed by atoms with Crippen LogP contribution < -0.4 is 0 Å². The minimum atomic E-state index is -5.05. The maximum atomic E-state index is 12.3. The maximum Gasteiger partial charge on any atom is 0.426 e. The maximum absolute atomic E-state index is 12.3. The summed E-state index contributed by atoms with van der Waals surface area (Å²) >= 11 is 1.77. The molecule has 0 spiro atoms. The van der Waals surface area contributed by atoms with Crippen molar-refractivity contribution in [3.8, 4) is 0 Å². The van der Waals surface area contributed by atoms with Gasteiger partial charge >= 0.3 is 12.1 Å². The van der Waals surface area contributed by atoms with Crippen LogP contribution in [0.1, 0.15) is 6.92 Å². The second-order valence-electron chi connectivity index (χ2n) is 3.27. The number of carbonyl (C=O) groups excluding carboxylic acids is 1. The minimum Gasteiger partial charge on any atom is -0.451 e. The Hall–Kier alpha value is -0.100. The summed E-state index contributed by atoms with van der Waals surface area (Å²) < 4.78 is 70.3. The Morgan fingerprint density at radius 2 is 1.94 bits per heavy atom. The SMILES string of the molecule is CC(CI)C(=O)OC(CS(=O)(=O)O)C(F)(F)F. The number of carbonyl (C=O) groups is 1. The van der Waals surface area contributed by atoms with Crippen molar-refractivity contribution >= 4 is 38.7 Å². The number of alkyl halides is 4. The fourth-order valence-corrected chi connectivity index (χ4v) is 1.71. The number of ether oxygens (including phenoxy) is 1. The van der Waals surface area contributed by atoms with Crippen LogP contribution in [0.25, 0.3) is 0 Å². The molecule has 0 heterocycles. The fourth-order valence-electron chi connectivity index (χ4n) is 0.706. The average molecular weight is 390 g/mol. The van der Waals surface area contributed by atoms with E-state index in [0.717, 1.165) is 0 Å². The summed E-state index contributed by atoms with van der Waals surface area (Å²) in [4.78, 5) is 11.1. The van der Waals surface area contributed by atoms with Crippen LogP contribution in [-0.4, -0.2) is 41.4 Å². The van der Waals surface area contributed by atoms with E-state index in [4.69, 9.17) is 4.55 Å². The molecule has 0 fully saturated rings. The Labute approximate surface area is 110 Å². The summed E-state index contributed by atoms with van der Waals surface area (Å²) in [6, 6.07) is 0. The van der Waals surface area contributed by atoms with Gasteiger partial charge in [-0.3, -0.25) is 9.35 Å². The van der Waals surface area contributed by atoms with Gasteiger partial charge in [-0.15, -0.1) is 0 Å². The lowest BCUT2D eigenvalue weighted by Crippen LogP contribution is -2.40. The molecule has 0 aromatic rings. The Kier molecular flexibility index (Phi) is 6.14. The van der Waals surface area contributed by atoms with E-state index in [1.54, 1.807) is 22.6 Å². The van der Waals surface area contributed by atoms with Crippen molar-refractivity contribution in [1.82, 2.24) is 0 Å². The first-order chi connectivity index (χ1) is 7.47. The van der Waals surface area contributed by atoms with E-state index < -0.39 is 40.0 Å². The third-order valence-corrected chi connectivity index (χ3v) is 3.66. The van der Waals surface area contributed by atoms with Gasteiger partial charge in [-0.05, 0) is 0 Å². The number of rotatable bonds is 5. The normalized spacial score (nSPS) is 16.4. The smallest absolute Gasteiger partial charge is 0.426 e. The first kappa shape index (κ1) is 16.9. The van der Waals surface area contributed by atoms with Crippen LogP contribution in [0.3, 0.4) is 0 Å². The van der Waals surface area contributed by atoms with Crippen molar-refractivity contribution in [2.45, 2.75) is 19.2 Å². The lowest BCUT2D eigenvalue weighted by molar-refractivity contribution is -0.216. The van der Waals surface area contributed by atoms with E-state index in [1.165, 1.54) is 6.92 Å². The van der Waals surface area contributed by atoms with Gasteiger partial charge in [0, 0.05) is 4.43 Å². The molecule has 0 saturated heterocycles. The molecule has 17 heavy (non-hydrogen) atoms. The molecule has 2 unspecified atom stereocenters. The van der Waals surface area contributed by atoms with E-state index in [1.807, 2.05) is 0 Å². The minimum absolute atomic E-state index is 0.229. The van der Waals surface area contributed by atoms with Crippen molar-refractivity contribution in [2.24, 2.45) is 5.92 Å². The molecule has 0 aliphatic carbocycles. The van der Waals surface area contributed by atoms with Crippen LogP contribution in [0, 0.1) is 5.92 Å². The molecular weight excluding hydrogens is 380 g/mol. The van der Waals surface area contributed by atoms with Gasteiger partial charge in [0.25, 0.3) is 10.1 Å². The number of hydrogen-bond acceptors (Lipinski definition) is 4. The van der Waals surface area contributed by atoms with Crippen LogP contribution in [0.2, 0.25) is 0 Å². The third-order valence-electron chi connectivity index (χ3n) is 1.62. The first-order valence-electron chi connectivity index (χ1n) is 4.25. The van der Waals surface area contributed by atoms with Gasteiger partial charge in [0.2, 0.25) is 6.10 Å². The van der Waals surface area contributed by atoms with E-state index in [9.17, 15) is 26.4 Å². The number of hydrogen-bond donors (Lipinski definition) is 1. The Balaban J connectivity index is 4.80. The average Bonchev–Trinajstić information content (AvgIpc) is 2.11. The van der Waals surface area contributed by atoms with Gasteiger partial charge in [-0.25, -0.2) is 0 Å². The largest absolute Gasteiger partial charge is 0.451 e. The van der Waals surface area contributed by atoms with Crippen LogP contribution in [0.15, 0.2) is 0 Å². The molecule has 0 rings (SSSR count). The summed E-state index contributed by atoms with van der Waals surface area (Å²) in [6.45, 7) is 1.34. The van der Waals surface area contributed by atoms with E-state index >= 15 is 0 Å². The second kappa shape index (κ2) is 6.18. The van der Waals surface area contributed by atoms with Crippen LogP contribution in [0.5, 0.6) is 0 Å². The van der Waals surface area contributed by atoms with E-state index in [2.05, 4.69) is 4.74 Å². The molecular formula is C7H10F3IO5S. The lowest BCUT2D eigenvalue weighted by Gasteiger charge is -2.20. The van der Waals surface area contributed by atoms with E-state index in [-0.39, 0.29) is 4.43 Å². The van der Waals surface area contributed by atoms with Crippen molar-refractivity contribution in [3.63, 3.8) is 0 Å². The molecule has 0 amide bonds. The van der Waals surface area contributed by atoms with Crippen molar-refractivity contribution < 1.29 is 35.7 Å². The Morgan fingerprint density at radius 1 is 1.47 bits per heavy atom. The van der Waals surface area contributed by atoms with Crippen molar-refractivity contribution in [1.29, 1.82) is 0 Å². The lowest BCUT2D eigenvalue weighted by atomic mass is 10.2. The predicted octanol–water partition coefficient (Wildman–Crippen LogP) is 1.42. The number of halogens is 4. The summed E-state index contributed by atoms with van der Waals surface area (Å²) in [5, 5.41) is 0. The quantitative estimate of drug-likeness (QED) is 0.333. The highest BCUT2D eigenvalue weighted by Gasteiger charge is 2.45. The molecule has 1 N–H and O–H groups in total. The van der Waals surface area contributed by atoms with Gasteiger partial charge in [0.05, 0.1) is 5.92 Å². The molecule has 0 aromatic heterocycles. The first-order valence-corrected chi connectivity index (χ1v) is 7.39. The molecule has 0 aromatic carbocycles. The molecule has 0 bridgehead atoms. The van der Waals surface area contributed by atoms with Crippen LogP contribution in [-0.2, 0) is 19.6 Å². The molecule has 5 nitrogen and oxygen atoms in total. The standard InChI is InChI=1S/C7H10F3IO5S/c1-4(2-11)6(12)16-5(7(8,9)10)3-17(13,14)15/h4-5H,2-3H2,1H3,(H,13,14,15). The molecule has 0 aliphatic rings. The zero-order valence-corrected chi connectivity index (χ0v) is 11.5. The fraction of sp³-hybridized carbons (Fsp3) is 0.857. The van der Waals surface area contributed by atoms with Gasteiger partial charge < -0.3 is 4.74 Å². The molecule has 0 saturated carbocycles. The zero-order chi connectivity index (χ0) is 13.9. The summed E-state index contributed by atoms with van der Waals surface area (Å²) in [5.74, 6) is -3.65. The molecule has 0 aliphatic heterocycles. The van der Waals surface area contributed by atoms with Crippen LogP contribution >= 0.6 is 22.6 Å². The van der Waals surface area contributed by atoms with E-state index in [0.29, 0.717) is 0 Å². The Morgan fingerprint density at radius 3 is 2.24 bits per heavy atom. The van der Waals surface area contributed by atoms with Gasteiger partial charge in [-0.2, -0.15) is 21.6 Å². The molecule has 0 radical (unpaired) electrons. The highest BCUT2D eigenvalue weighted by Crippen LogP contribution is 2.25. The zero-order valence-electron chi connectivity index (χ0n) is 8.57. The molecule has 2 atom stereocenters. The van der Waals surface area contributed by atoms with Crippen molar-refractivity contribution in [3.05, 3.63) is 0 Å². The number of esters is 1. The highest BCUT2D eigenvalue weighted by atomic mass is 127. The monoisotopic (exact) mass is 390 g/mol. The van der Waals surface area contributed by atoms with Gasteiger partial charge in [0.15, 0.2) is 0 Å². The Bertz CT molecular complexity index is 366. The van der Waals surface area contributed by atoms with Gasteiger partial charge in [-0.1, -0.05) is 29.5 Å². The topological polar surface area (TPSA) is 80.7 Å². The second-order valence-corrected chi connectivity index (χ2v) is 5.65. The third kappa shape index (κ3) is 7.03. The highest BCUT2D eigenvalue weighted by molar-refractivity contribution is 14.1.